The van der Waals surface area contributed by atoms with Gasteiger partial charge in [-0.2, -0.15) is 5.26 Å². The molecule has 0 saturated carbocycles. The molecule has 1 amide bonds. The third-order valence-electron chi connectivity index (χ3n) is 6.56. The van der Waals surface area contributed by atoms with E-state index in [0.717, 1.165) is 22.3 Å². The number of methoxy groups -OCH3 is 1. The summed E-state index contributed by atoms with van der Waals surface area (Å²) in [5.74, 6) is -0.104. The van der Waals surface area contributed by atoms with Crippen LogP contribution < -0.4 is 10.1 Å². The number of aromatic nitrogens is 1. The first-order valence-corrected chi connectivity index (χ1v) is 12.7. The van der Waals surface area contributed by atoms with E-state index in [4.69, 9.17) is 9.26 Å². The van der Waals surface area contributed by atoms with Crippen LogP contribution in [0, 0.1) is 18.3 Å². The summed E-state index contributed by atoms with van der Waals surface area (Å²) in [4.78, 5) is 26.1. The number of Topliss-reactive ketones (excluding diaryl/α,β-unsaturated/α-hetero) is 1. The lowest BCUT2D eigenvalue weighted by molar-refractivity contribution is 0.0946. The third-order valence-corrected chi connectivity index (χ3v) is 6.56. The monoisotopic (exact) mass is 521 g/mol. The van der Waals surface area contributed by atoms with E-state index >= 15 is 0 Å². The van der Waals surface area contributed by atoms with Crippen molar-refractivity contribution in [2.75, 3.05) is 12.4 Å². The van der Waals surface area contributed by atoms with E-state index in [9.17, 15) is 14.9 Å². The van der Waals surface area contributed by atoms with Crippen molar-refractivity contribution in [1.82, 2.24) is 5.16 Å². The zero-order valence-corrected chi connectivity index (χ0v) is 22.8. The standard InChI is InChI=1S/C32H31N3O4/c1-20-11-13-24(34-31(37)26-16-23(32(2,3)4)15-22(19-33)30(26)38-5)17-25(20)27-18-29(39-35-27)28(36)14-12-21-9-7-6-8-10-21/h6-11,13,15-18H,12,14H2,1-5H3,(H,34,37). The highest BCUT2D eigenvalue weighted by Gasteiger charge is 2.23. The summed E-state index contributed by atoms with van der Waals surface area (Å²) in [5.41, 5.74) is 4.90. The average molecular weight is 522 g/mol. The van der Waals surface area contributed by atoms with Crippen LogP contribution in [0.25, 0.3) is 11.3 Å². The maximum Gasteiger partial charge on any atom is 0.259 e. The van der Waals surface area contributed by atoms with Crippen LogP contribution in [0.3, 0.4) is 0 Å². The lowest BCUT2D eigenvalue weighted by Crippen LogP contribution is -2.18. The molecule has 0 aliphatic rings. The highest BCUT2D eigenvalue weighted by atomic mass is 16.5. The summed E-state index contributed by atoms with van der Waals surface area (Å²) in [6.45, 7) is 7.97. The first-order valence-electron chi connectivity index (χ1n) is 12.7. The van der Waals surface area contributed by atoms with Gasteiger partial charge in [-0.05, 0) is 59.7 Å². The Morgan fingerprint density at radius 2 is 1.79 bits per heavy atom. The number of carbonyl (C=O) groups is 2. The van der Waals surface area contributed by atoms with Crippen molar-refractivity contribution in [2.45, 2.75) is 46.0 Å². The highest BCUT2D eigenvalue weighted by molar-refractivity contribution is 6.07. The normalized spacial score (nSPS) is 11.1. The minimum Gasteiger partial charge on any atom is -0.495 e. The molecule has 0 aliphatic heterocycles. The van der Waals surface area contributed by atoms with Crippen LogP contribution in [-0.4, -0.2) is 24.0 Å². The second kappa shape index (κ2) is 11.4. The van der Waals surface area contributed by atoms with Gasteiger partial charge in [-0.1, -0.05) is 62.3 Å². The SMILES string of the molecule is COc1c(C#N)cc(C(C)(C)C)cc1C(=O)Nc1ccc(C)c(-c2cc(C(=O)CCc3ccccc3)on2)c1. The molecule has 4 rings (SSSR count). The van der Waals surface area contributed by atoms with E-state index in [-0.39, 0.29) is 28.3 Å². The van der Waals surface area contributed by atoms with Crippen LogP contribution in [-0.2, 0) is 11.8 Å². The van der Waals surface area contributed by atoms with Crippen molar-refractivity contribution >= 4 is 17.4 Å². The number of nitrogens with zero attached hydrogens (tertiary/aromatic N) is 2. The van der Waals surface area contributed by atoms with E-state index in [1.54, 1.807) is 30.3 Å². The molecule has 1 heterocycles. The number of anilines is 1. The Kier molecular flexibility index (Phi) is 7.96. The van der Waals surface area contributed by atoms with Gasteiger partial charge in [-0.15, -0.1) is 0 Å². The van der Waals surface area contributed by atoms with Gasteiger partial charge in [0.2, 0.25) is 11.5 Å². The molecule has 0 aliphatic carbocycles. The highest BCUT2D eigenvalue weighted by Crippen LogP contribution is 2.33. The van der Waals surface area contributed by atoms with E-state index in [1.807, 2.05) is 64.1 Å². The van der Waals surface area contributed by atoms with Crippen molar-refractivity contribution in [3.63, 3.8) is 0 Å². The van der Waals surface area contributed by atoms with Crippen LogP contribution >= 0.6 is 0 Å². The summed E-state index contributed by atoms with van der Waals surface area (Å²) in [7, 11) is 1.44. The molecule has 1 N–H and O–H groups in total. The molecule has 7 nitrogen and oxygen atoms in total. The fraction of sp³-hybridized carbons (Fsp3) is 0.250. The summed E-state index contributed by atoms with van der Waals surface area (Å²) in [6, 6.07) is 22.5. The minimum absolute atomic E-state index is 0.126. The van der Waals surface area contributed by atoms with Gasteiger partial charge in [0, 0.05) is 23.7 Å². The fourth-order valence-corrected chi connectivity index (χ4v) is 4.27. The largest absolute Gasteiger partial charge is 0.495 e. The van der Waals surface area contributed by atoms with Gasteiger partial charge in [0.25, 0.3) is 5.91 Å². The molecule has 0 radical (unpaired) electrons. The van der Waals surface area contributed by atoms with Gasteiger partial charge >= 0.3 is 0 Å². The molecular weight excluding hydrogens is 490 g/mol. The molecule has 3 aromatic carbocycles. The van der Waals surface area contributed by atoms with E-state index in [1.165, 1.54) is 7.11 Å². The topological polar surface area (TPSA) is 105 Å². The maximum atomic E-state index is 13.4. The van der Waals surface area contributed by atoms with Gasteiger partial charge in [-0.25, -0.2) is 0 Å². The average Bonchev–Trinajstić information content (AvgIpc) is 3.42. The molecule has 4 aromatic rings. The molecule has 0 bridgehead atoms. The Morgan fingerprint density at radius 3 is 2.46 bits per heavy atom. The molecule has 7 heteroatoms. The van der Waals surface area contributed by atoms with Crippen LogP contribution in [0.5, 0.6) is 5.75 Å². The van der Waals surface area contributed by atoms with E-state index in [0.29, 0.717) is 29.8 Å². The number of rotatable bonds is 8. The molecule has 0 saturated heterocycles. The maximum absolute atomic E-state index is 13.4. The third kappa shape index (κ3) is 6.24. The Balaban J connectivity index is 1.57. The minimum atomic E-state index is -0.402. The van der Waals surface area contributed by atoms with E-state index in [2.05, 4.69) is 16.5 Å². The number of amides is 1. The smallest absolute Gasteiger partial charge is 0.259 e. The molecule has 0 unspecified atom stereocenters. The lowest BCUT2D eigenvalue weighted by Gasteiger charge is -2.22. The summed E-state index contributed by atoms with van der Waals surface area (Å²) < 4.78 is 10.8. The summed E-state index contributed by atoms with van der Waals surface area (Å²) >= 11 is 0. The number of aryl methyl sites for hydroxylation is 2. The van der Waals surface area contributed by atoms with Crippen molar-refractivity contribution in [2.24, 2.45) is 0 Å². The quantitative estimate of drug-likeness (QED) is 0.253. The number of ether oxygens (including phenoxy) is 1. The van der Waals surface area contributed by atoms with Crippen molar-refractivity contribution in [3.8, 4) is 23.1 Å². The fourth-order valence-electron chi connectivity index (χ4n) is 4.27. The molecule has 39 heavy (non-hydrogen) atoms. The van der Waals surface area contributed by atoms with Gasteiger partial charge in [-0.3, -0.25) is 9.59 Å². The molecule has 0 spiro atoms. The molecule has 0 atom stereocenters. The predicted octanol–water partition coefficient (Wildman–Crippen LogP) is 6.90. The van der Waals surface area contributed by atoms with E-state index < -0.39 is 5.91 Å². The zero-order chi connectivity index (χ0) is 28.2. The number of hydrogen-bond acceptors (Lipinski definition) is 6. The second-order valence-electron chi connectivity index (χ2n) is 10.4. The van der Waals surface area contributed by atoms with Gasteiger partial charge in [0.1, 0.15) is 17.5 Å². The summed E-state index contributed by atoms with van der Waals surface area (Å²) in [5, 5.41) is 16.7. The first-order chi connectivity index (χ1) is 18.6. The molecular formula is C32H31N3O4. The Morgan fingerprint density at radius 1 is 1.05 bits per heavy atom. The molecule has 1 aromatic heterocycles. The van der Waals surface area contributed by atoms with Crippen molar-refractivity contribution in [3.05, 3.63) is 100 Å². The number of carbonyl (C=O) groups excluding carboxylic acids is 2. The first kappa shape index (κ1) is 27.3. The van der Waals surface area contributed by atoms with Crippen molar-refractivity contribution < 1.29 is 18.8 Å². The number of nitrogens with one attached hydrogen (secondary N) is 1. The zero-order valence-electron chi connectivity index (χ0n) is 22.8. The Labute approximate surface area is 228 Å². The van der Waals surface area contributed by atoms with Gasteiger partial charge in [0.15, 0.2) is 0 Å². The molecule has 198 valence electrons. The summed E-state index contributed by atoms with van der Waals surface area (Å²) in [6.07, 6.45) is 0.928. The number of benzene rings is 3. The van der Waals surface area contributed by atoms with Gasteiger partial charge in [0.05, 0.1) is 18.2 Å². The number of ketones is 1. The number of hydrogen-bond donors (Lipinski definition) is 1. The Hall–Kier alpha value is -4.70. The van der Waals surface area contributed by atoms with Crippen LogP contribution in [0.4, 0.5) is 5.69 Å². The van der Waals surface area contributed by atoms with Crippen LogP contribution in [0.15, 0.2) is 71.3 Å². The van der Waals surface area contributed by atoms with Gasteiger partial charge < -0.3 is 14.6 Å². The lowest BCUT2D eigenvalue weighted by atomic mass is 9.84. The van der Waals surface area contributed by atoms with Crippen LogP contribution in [0.2, 0.25) is 0 Å². The number of nitriles is 1. The predicted molar refractivity (Wildman–Crippen MR) is 150 cm³/mol. The molecule has 0 fully saturated rings. The van der Waals surface area contributed by atoms with Crippen LogP contribution in [0.1, 0.15) is 70.4 Å². The second-order valence-corrected chi connectivity index (χ2v) is 10.4. The Bertz CT molecular complexity index is 1560. The van der Waals surface area contributed by atoms with Crippen molar-refractivity contribution in [1.29, 1.82) is 5.26 Å².